The summed E-state index contributed by atoms with van der Waals surface area (Å²) in [6.45, 7) is 4.41. The Kier molecular flexibility index (Phi) is 4.43. The molecule has 0 aliphatic heterocycles. The second-order valence-electron chi connectivity index (χ2n) is 8.74. The SMILES string of the molecule is Cc1ccc2ccccc2c1-c1[o+]c2c(c(-c3ccccc3)c1C)CCc1ccccc1-2. The summed E-state index contributed by atoms with van der Waals surface area (Å²) in [5.41, 5.74) is 10.2. The lowest BCUT2D eigenvalue weighted by atomic mass is 9.83. The molecule has 154 valence electrons. The highest BCUT2D eigenvalue weighted by Crippen LogP contribution is 2.46. The van der Waals surface area contributed by atoms with Crippen LogP contribution in [0.3, 0.4) is 0 Å². The van der Waals surface area contributed by atoms with Crippen molar-refractivity contribution in [2.24, 2.45) is 0 Å². The summed E-state index contributed by atoms with van der Waals surface area (Å²) in [6, 6.07) is 32.5. The maximum absolute atomic E-state index is 6.89. The Hall–Kier alpha value is -3.71. The summed E-state index contributed by atoms with van der Waals surface area (Å²) in [5.74, 6) is 2.01. The number of hydrogen-bond donors (Lipinski definition) is 0. The first-order chi connectivity index (χ1) is 15.7. The van der Waals surface area contributed by atoms with Crippen LogP contribution in [0.4, 0.5) is 0 Å². The van der Waals surface area contributed by atoms with Crippen molar-refractivity contribution in [1.29, 1.82) is 0 Å². The van der Waals surface area contributed by atoms with Crippen molar-refractivity contribution >= 4 is 10.8 Å². The smallest absolute Gasteiger partial charge is 0.206 e. The fourth-order valence-corrected chi connectivity index (χ4v) is 5.29. The van der Waals surface area contributed by atoms with Gasteiger partial charge < -0.3 is 0 Å². The summed E-state index contributed by atoms with van der Waals surface area (Å²) >= 11 is 0. The minimum Gasteiger partial charge on any atom is -0.206 e. The van der Waals surface area contributed by atoms with E-state index >= 15 is 0 Å². The Morgan fingerprint density at radius 2 is 1.38 bits per heavy atom. The van der Waals surface area contributed by atoms with E-state index in [1.807, 2.05) is 0 Å². The van der Waals surface area contributed by atoms with Gasteiger partial charge in [0.15, 0.2) is 0 Å². The van der Waals surface area contributed by atoms with E-state index in [0.29, 0.717) is 0 Å². The van der Waals surface area contributed by atoms with E-state index in [1.165, 1.54) is 55.3 Å². The first kappa shape index (κ1) is 19.0. The van der Waals surface area contributed by atoms with E-state index in [1.54, 1.807) is 0 Å². The van der Waals surface area contributed by atoms with E-state index in [0.717, 1.165) is 24.4 Å². The Morgan fingerprint density at radius 3 is 2.25 bits per heavy atom. The van der Waals surface area contributed by atoms with E-state index in [9.17, 15) is 0 Å². The molecule has 1 heteroatoms. The third-order valence-electron chi connectivity index (χ3n) is 6.83. The van der Waals surface area contributed by atoms with Gasteiger partial charge in [-0.05, 0) is 60.2 Å². The number of fused-ring (bicyclic) bond motifs is 4. The minimum absolute atomic E-state index is 0.980. The van der Waals surface area contributed by atoms with Crippen LogP contribution >= 0.6 is 0 Å². The second kappa shape index (κ2) is 7.46. The van der Waals surface area contributed by atoms with Crippen LogP contribution in [0, 0.1) is 13.8 Å². The van der Waals surface area contributed by atoms with Crippen molar-refractivity contribution in [3.8, 4) is 33.8 Å². The summed E-state index contributed by atoms with van der Waals surface area (Å²) < 4.78 is 6.89. The molecule has 1 nitrogen and oxygen atoms in total. The summed E-state index contributed by atoms with van der Waals surface area (Å²) in [5, 5.41) is 2.48. The average Bonchev–Trinajstić information content (AvgIpc) is 2.84. The van der Waals surface area contributed by atoms with Crippen LogP contribution in [0.1, 0.15) is 22.3 Å². The van der Waals surface area contributed by atoms with Crippen molar-refractivity contribution in [3.63, 3.8) is 0 Å². The Bertz CT molecular complexity index is 1480. The normalized spacial score (nSPS) is 12.4. The lowest BCUT2D eigenvalue weighted by Crippen LogP contribution is -2.08. The molecule has 6 rings (SSSR count). The number of hydrogen-bond acceptors (Lipinski definition) is 0. The highest BCUT2D eigenvalue weighted by Gasteiger charge is 2.35. The molecular formula is C31H25O+. The molecule has 0 atom stereocenters. The van der Waals surface area contributed by atoms with Crippen molar-refractivity contribution in [2.45, 2.75) is 26.7 Å². The fraction of sp³-hybridized carbons (Fsp3) is 0.129. The van der Waals surface area contributed by atoms with Crippen LogP contribution < -0.4 is 0 Å². The van der Waals surface area contributed by atoms with E-state index < -0.39 is 0 Å². The molecule has 5 aromatic rings. The third-order valence-corrected chi connectivity index (χ3v) is 6.83. The zero-order valence-electron chi connectivity index (χ0n) is 18.5. The van der Waals surface area contributed by atoms with Crippen LogP contribution in [0.2, 0.25) is 0 Å². The molecule has 0 bridgehead atoms. The van der Waals surface area contributed by atoms with Crippen LogP contribution in [0.15, 0.2) is 95.4 Å². The third kappa shape index (κ3) is 2.89. The summed E-state index contributed by atoms with van der Waals surface area (Å²) in [7, 11) is 0. The highest BCUT2D eigenvalue weighted by molar-refractivity contribution is 5.99. The van der Waals surface area contributed by atoms with Crippen molar-refractivity contribution < 1.29 is 4.42 Å². The molecule has 0 unspecified atom stereocenters. The molecule has 4 aromatic carbocycles. The predicted molar refractivity (Wildman–Crippen MR) is 134 cm³/mol. The van der Waals surface area contributed by atoms with Gasteiger partial charge in [0, 0.05) is 5.56 Å². The zero-order valence-corrected chi connectivity index (χ0v) is 18.5. The average molecular weight is 414 g/mol. The summed E-state index contributed by atoms with van der Waals surface area (Å²) in [4.78, 5) is 0. The summed E-state index contributed by atoms with van der Waals surface area (Å²) in [6.07, 6.45) is 2.04. The van der Waals surface area contributed by atoms with Gasteiger partial charge in [0.25, 0.3) is 0 Å². The van der Waals surface area contributed by atoms with Crippen molar-refractivity contribution in [2.75, 3.05) is 0 Å². The quantitative estimate of drug-likeness (QED) is 0.264. The van der Waals surface area contributed by atoms with Gasteiger partial charge in [-0.2, -0.15) is 0 Å². The molecule has 0 fully saturated rings. The van der Waals surface area contributed by atoms with Gasteiger partial charge in [-0.25, -0.2) is 4.42 Å². The number of rotatable bonds is 2. The Labute approximate surface area is 189 Å². The fourth-order valence-electron chi connectivity index (χ4n) is 5.29. The molecule has 0 amide bonds. The topological polar surface area (TPSA) is 11.3 Å². The van der Waals surface area contributed by atoms with Crippen LogP contribution in [-0.2, 0) is 12.8 Å². The lowest BCUT2D eigenvalue weighted by Gasteiger charge is -2.19. The molecule has 0 N–H and O–H groups in total. The Morgan fingerprint density at radius 1 is 0.625 bits per heavy atom. The predicted octanol–water partition coefficient (Wildman–Crippen LogP) is 8.43. The van der Waals surface area contributed by atoms with Crippen LogP contribution in [0.25, 0.3) is 44.5 Å². The van der Waals surface area contributed by atoms with Gasteiger partial charge in [0.1, 0.15) is 0 Å². The number of aryl methyl sites for hydroxylation is 2. The molecule has 1 heterocycles. The minimum atomic E-state index is 0.980. The molecule has 0 spiro atoms. The monoisotopic (exact) mass is 413 g/mol. The van der Waals surface area contributed by atoms with Gasteiger partial charge in [0.2, 0.25) is 0 Å². The number of benzene rings is 4. The zero-order chi connectivity index (χ0) is 21.7. The van der Waals surface area contributed by atoms with E-state index in [-0.39, 0.29) is 0 Å². The molecular weight excluding hydrogens is 388 g/mol. The van der Waals surface area contributed by atoms with Gasteiger partial charge in [-0.3, -0.25) is 0 Å². The molecule has 0 radical (unpaired) electrons. The first-order valence-electron chi connectivity index (χ1n) is 11.3. The maximum atomic E-state index is 6.89. The van der Waals surface area contributed by atoms with Gasteiger partial charge >= 0.3 is 11.5 Å². The molecule has 32 heavy (non-hydrogen) atoms. The standard InChI is InChI=1S/C31H25O/c1-20-16-17-22-10-6-8-14-25(22)28(20)30-21(2)29(24-12-4-3-5-13-24)27-19-18-23-11-7-9-15-26(23)31(27)32-30/h3-17H,18-19H2,1-2H3/q+1. The van der Waals surface area contributed by atoms with Crippen molar-refractivity contribution in [3.05, 3.63) is 113 Å². The lowest BCUT2D eigenvalue weighted by molar-refractivity contribution is 0.565. The first-order valence-corrected chi connectivity index (χ1v) is 11.3. The molecule has 1 aliphatic carbocycles. The second-order valence-corrected chi connectivity index (χ2v) is 8.74. The van der Waals surface area contributed by atoms with E-state index in [4.69, 9.17) is 4.42 Å². The van der Waals surface area contributed by atoms with Crippen LogP contribution in [-0.4, -0.2) is 0 Å². The van der Waals surface area contributed by atoms with Crippen molar-refractivity contribution in [1.82, 2.24) is 0 Å². The van der Waals surface area contributed by atoms with Gasteiger partial charge in [0.05, 0.1) is 22.3 Å². The van der Waals surface area contributed by atoms with Gasteiger partial charge in [-0.15, -0.1) is 0 Å². The van der Waals surface area contributed by atoms with Crippen LogP contribution in [0.5, 0.6) is 0 Å². The Balaban J connectivity index is 1.75. The molecule has 1 aromatic heterocycles. The molecule has 0 saturated carbocycles. The van der Waals surface area contributed by atoms with E-state index in [2.05, 4.69) is 105 Å². The molecule has 1 aliphatic rings. The largest absolute Gasteiger partial charge is 0.365 e. The highest BCUT2D eigenvalue weighted by atomic mass is 16.3. The van der Waals surface area contributed by atoms with Gasteiger partial charge in [-0.1, -0.05) is 84.9 Å². The molecule has 0 saturated heterocycles. The maximum Gasteiger partial charge on any atom is 0.365 e.